The molecule has 0 spiro atoms. The van der Waals surface area contributed by atoms with Crippen molar-refractivity contribution in [3.8, 4) is 11.5 Å². The second-order valence-electron chi connectivity index (χ2n) is 4.52. The van der Waals surface area contributed by atoms with Gasteiger partial charge in [0, 0.05) is 23.3 Å². The molecule has 1 aromatic carbocycles. The first-order valence-electron chi connectivity index (χ1n) is 6.49. The number of hydrogen-bond acceptors (Lipinski definition) is 4. The van der Waals surface area contributed by atoms with E-state index < -0.39 is 0 Å². The smallest absolute Gasteiger partial charge is 0.153 e. The van der Waals surface area contributed by atoms with Gasteiger partial charge >= 0.3 is 0 Å². The minimum atomic E-state index is 0.365. The van der Waals surface area contributed by atoms with Crippen LogP contribution in [-0.2, 0) is 6.61 Å². The highest BCUT2D eigenvalue weighted by atomic mass is 16.5. The number of aromatic nitrogens is 2. The van der Waals surface area contributed by atoms with E-state index in [-0.39, 0.29) is 0 Å². The molecule has 1 N–H and O–H groups in total. The van der Waals surface area contributed by atoms with Gasteiger partial charge in [0.15, 0.2) is 6.29 Å². The number of aromatic amines is 1. The fourth-order valence-corrected chi connectivity index (χ4v) is 2.18. The van der Waals surface area contributed by atoms with Gasteiger partial charge in [0.1, 0.15) is 23.8 Å². The zero-order valence-corrected chi connectivity index (χ0v) is 11.5. The maximum absolute atomic E-state index is 11.1. The van der Waals surface area contributed by atoms with Gasteiger partial charge in [0.2, 0.25) is 0 Å². The van der Waals surface area contributed by atoms with Crippen LogP contribution in [0.3, 0.4) is 0 Å². The Morgan fingerprint density at radius 3 is 3.00 bits per heavy atom. The average Bonchev–Trinajstić information content (AvgIpc) is 3.01. The molecule has 0 saturated carbocycles. The van der Waals surface area contributed by atoms with Crippen LogP contribution < -0.4 is 9.47 Å². The molecule has 0 amide bonds. The van der Waals surface area contributed by atoms with Gasteiger partial charge in [-0.2, -0.15) is 0 Å². The number of nitrogens with zero attached hydrogens (tertiary/aromatic N) is 1. The van der Waals surface area contributed by atoms with Crippen molar-refractivity contribution in [1.82, 2.24) is 9.97 Å². The number of nitrogens with one attached hydrogen (secondary N) is 1. The summed E-state index contributed by atoms with van der Waals surface area (Å²) in [5, 5.41) is 1.01. The quantitative estimate of drug-likeness (QED) is 0.731. The minimum absolute atomic E-state index is 0.365. The first kappa shape index (κ1) is 13.2. The Morgan fingerprint density at radius 2 is 2.19 bits per heavy atom. The van der Waals surface area contributed by atoms with Crippen LogP contribution in [0.15, 0.2) is 42.7 Å². The Morgan fingerprint density at radius 1 is 1.29 bits per heavy atom. The number of aldehydes is 1. The lowest BCUT2D eigenvalue weighted by molar-refractivity contribution is 0.111. The highest BCUT2D eigenvalue weighted by molar-refractivity contribution is 5.80. The lowest BCUT2D eigenvalue weighted by atomic mass is 10.2. The van der Waals surface area contributed by atoms with Gasteiger partial charge in [-0.05, 0) is 30.3 Å². The summed E-state index contributed by atoms with van der Waals surface area (Å²) in [6, 6.07) is 9.01. The number of carbonyl (C=O) groups is 1. The molecule has 2 aromatic heterocycles. The molecule has 5 nitrogen and oxygen atoms in total. The Labute approximate surface area is 121 Å². The molecule has 5 heteroatoms. The second-order valence-corrected chi connectivity index (χ2v) is 4.52. The summed E-state index contributed by atoms with van der Waals surface area (Å²) in [7, 11) is 1.56. The number of hydrogen-bond donors (Lipinski definition) is 1. The Bertz CT molecular complexity index is 780. The fourth-order valence-electron chi connectivity index (χ4n) is 2.18. The van der Waals surface area contributed by atoms with Crippen LogP contribution in [0.25, 0.3) is 11.0 Å². The van der Waals surface area contributed by atoms with Crippen LogP contribution in [-0.4, -0.2) is 23.4 Å². The van der Waals surface area contributed by atoms with Gasteiger partial charge in [-0.3, -0.25) is 4.79 Å². The highest BCUT2D eigenvalue weighted by Gasteiger charge is 2.07. The van der Waals surface area contributed by atoms with Crippen molar-refractivity contribution in [2.75, 3.05) is 7.11 Å². The number of rotatable bonds is 5. The number of benzene rings is 1. The first-order valence-corrected chi connectivity index (χ1v) is 6.49. The van der Waals surface area contributed by atoms with Crippen LogP contribution in [0.2, 0.25) is 0 Å². The second kappa shape index (κ2) is 5.66. The van der Waals surface area contributed by atoms with Gasteiger partial charge in [-0.1, -0.05) is 0 Å². The third-order valence-corrected chi connectivity index (χ3v) is 3.28. The molecule has 106 valence electrons. The van der Waals surface area contributed by atoms with Crippen molar-refractivity contribution in [1.29, 1.82) is 0 Å². The average molecular weight is 282 g/mol. The zero-order valence-electron chi connectivity index (χ0n) is 11.5. The first-order chi connectivity index (χ1) is 10.3. The maximum Gasteiger partial charge on any atom is 0.153 e. The van der Waals surface area contributed by atoms with E-state index in [4.69, 9.17) is 9.47 Å². The van der Waals surface area contributed by atoms with E-state index >= 15 is 0 Å². The molecular formula is C16H14N2O3. The Kier molecular flexibility index (Phi) is 3.55. The van der Waals surface area contributed by atoms with E-state index in [2.05, 4.69) is 9.97 Å². The molecule has 0 aliphatic heterocycles. The summed E-state index contributed by atoms with van der Waals surface area (Å²) in [4.78, 5) is 18.4. The summed E-state index contributed by atoms with van der Waals surface area (Å²) in [5.74, 6) is 1.16. The molecule has 0 radical (unpaired) electrons. The molecule has 0 saturated heterocycles. The maximum atomic E-state index is 11.1. The minimum Gasteiger partial charge on any atom is -0.497 e. The molecular weight excluding hydrogens is 268 g/mol. The summed E-state index contributed by atoms with van der Waals surface area (Å²) in [6.07, 6.45) is 4.33. The third-order valence-electron chi connectivity index (χ3n) is 3.28. The molecule has 0 fully saturated rings. The number of pyridine rings is 1. The SMILES string of the molecule is COc1ccc(OCc2ccnc3[nH]ccc23)c(C=O)c1. The number of methoxy groups -OCH3 is 1. The third kappa shape index (κ3) is 2.58. The van der Waals surface area contributed by atoms with E-state index in [0.29, 0.717) is 23.7 Å². The summed E-state index contributed by atoms with van der Waals surface area (Å²) in [6.45, 7) is 0.365. The number of ether oxygens (including phenoxy) is 2. The predicted molar refractivity (Wildman–Crippen MR) is 78.8 cm³/mol. The van der Waals surface area contributed by atoms with Crippen molar-refractivity contribution < 1.29 is 14.3 Å². The van der Waals surface area contributed by atoms with Crippen molar-refractivity contribution in [3.63, 3.8) is 0 Å². The van der Waals surface area contributed by atoms with Gasteiger partial charge in [-0.15, -0.1) is 0 Å². The Hall–Kier alpha value is -2.82. The van der Waals surface area contributed by atoms with Gasteiger partial charge < -0.3 is 14.5 Å². The number of fused-ring (bicyclic) bond motifs is 1. The summed E-state index contributed by atoms with van der Waals surface area (Å²) >= 11 is 0. The summed E-state index contributed by atoms with van der Waals surface area (Å²) < 4.78 is 10.9. The van der Waals surface area contributed by atoms with Crippen molar-refractivity contribution in [3.05, 3.63) is 53.9 Å². The molecule has 0 atom stereocenters. The fraction of sp³-hybridized carbons (Fsp3) is 0.125. The summed E-state index contributed by atoms with van der Waals surface area (Å²) in [5.41, 5.74) is 2.30. The van der Waals surface area contributed by atoms with E-state index in [1.807, 2.05) is 18.3 Å². The van der Waals surface area contributed by atoms with E-state index in [1.165, 1.54) is 0 Å². The molecule has 0 aliphatic carbocycles. The van der Waals surface area contributed by atoms with Crippen LogP contribution >= 0.6 is 0 Å². The van der Waals surface area contributed by atoms with Crippen LogP contribution in [0.5, 0.6) is 11.5 Å². The van der Waals surface area contributed by atoms with E-state index in [9.17, 15) is 4.79 Å². The van der Waals surface area contributed by atoms with Crippen LogP contribution in [0, 0.1) is 0 Å². The molecule has 0 aliphatic rings. The van der Waals surface area contributed by atoms with E-state index in [1.54, 1.807) is 31.5 Å². The van der Waals surface area contributed by atoms with Gasteiger partial charge in [-0.25, -0.2) is 4.98 Å². The standard InChI is InChI=1S/C16H14N2O3/c1-20-13-2-3-15(12(8-13)9-19)21-10-11-4-6-17-16-14(11)5-7-18-16/h2-9H,10H2,1H3,(H,17,18). The molecule has 21 heavy (non-hydrogen) atoms. The highest BCUT2D eigenvalue weighted by Crippen LogP contribution is 2.24. The lowest BCUT2D eigenvalue weighted by Gasteiger charge is -2.10. The van der Waals surface area contributed by atoms with Gasteiger partial charge in [0.25, 0.3) is 0 Å². The number of H-pyrrole nitrogens is 1. The van der Waals surface area contributed by atoms with Crippen molar-refractivity contribution >= 4 is 17.3 Å². The molecule has 0 unspecified atom stereocenters. The predicted octanol–water partition coefficient (Wildman–Crippen LogP) is 2.96. The van der Waals surface area contributed by atoms with Crippen molar-refractivity contribution in [2.24, 2.45) is 0 Å². The van der Waals surface area contributed by atoms with Crippen LogP contribution in [0.4, 0.5) is 0 Å². The van der Waals surface area contributed by atoms with Crippen molar-refractivity contribution in [2.45, 2.75) is 6.61 Å². The van der Waals surface area contributed by atoms with Gasteiger partial charge in [0.05, 0.1) is 12.7 Å². The number of carbonyl (C=O) groups excluding carboxylic acids is 1. The monoisotopic (exact) mass is 282 g/mol. The normalized spacial score (nSPS) is 10.5. The molecule has 3 rings (SSSR count). The largest absolute Gasteiger partial charge is 0.497 e. The molecule has 0 bridgehead atoms. The Balaban J connectivity index is 1.84. The molecule has 3 aromatic rings. The van der Waals surface area contributed by atoms with E-state index in [0.717, 1.165) is 22.9 Å². The zero-order chi connectivity index (χ0) is 14.7. The lowest BCUT2D eigenvalue weighted by Crippen LogP contribution is -1.99. The molecule has 2 heterocycles. The topological polar surface area (TPSA) is 64.2 Å². The van der Waals surface area contributed by atoms with Crippen LogP contribution in [0.1, 0.15) is 15.9 Å².